The van der Waals surface area contributed by atoms with Gasteiger partial charge in [-0.1, -0.05) is 37.3 Å². The topological polar surface area (TPSA) is 74.6 Å². The number of Topliss-reactive ketones (excluding diaryl/α,β-unsaturated/α-hetero) is 1. The molecule has 2 heterocycles. The SMILES string of the molecule is CCNC1=NCc2cc(CC(=O)C[C@H](C)c3ccccc3)nc(CO)c21. The third-order valence-corrected chi connectivity index (χ3v) is 4.65. The van der Waals surface area contributed by atoms with E-state index in [9.17, 15) is 9.90 Å². The van der Waals surface area contributed by atoms with Crippen molar-refractivity contribution in [3.05, 3.63) is 64.5 Å². The maximum absolute atomic E-state index is 12.5. The summed E-state index contributed by atoms with van der Waals surface area (Å²) in [6.45, 7) is 5.25. The molecule has 5 nitrogen and oxygen atoms in total. The minimum atomic E-state index is -0.158. The Morgan fingerprint density at radius 1 is 1.31 bits per heavy atom. The number of nitrogens with zero attached hydrogens (tertiary/aromatic N) is 2. The number of ketones is 1. The van der Waals surface area contributed by atoms with Gasteiger partial charge in [0.05, 0.1) is 18.8 Å². The number of amidine groups is 1. The molecule has 2 N–H and O–H groups in total. The number of aliphatic hydroxyl groups is 1. The number of aliphatic hydroxyl groups excluding tert-OH is 1. The largest absolute Gasteiger partial charge is 0.390 e. The van der Waals surface area contributed by atoms with E-state index in [1.807, 2.05) is 31.2 Å². The second-order valence-corrected chi connectivity index (χ2v) is 6.68. The van der Waals surface area contributed by atoms with Gasteiger partial charge in [0.1, 0.15) is 11.6 Å². The van der Waals surface area contributed by atoms with Gasteiger partial charge in [0.25, 0.3) is 0 Å². The number of hydrogen-bond acceptors (Lipinski definition) is 5. The lowest BCUT2D eigenvalue weighted by molar-refractivity contribution is -0.118. The van der Waals surface area contributed by atoms with Crippen LogP contribution < -0.4 is 5.32 Å². The molecule has 1 aromatic heterocycles. The third-order valence-electron chi connectivity index (χ3n) is 4.65. The Balaban J connectivity index is 1.72. The van der Waals surface area contributed by atoms with Crippen LogP contribution in [0.1, 0.15) is 54.3 Å². The van der Waals surface area contributed by atoms with E-state index < -0.39 is 0 Å². The van der Waals surface area contributed by atoms with Crippen LogP contribution in [0.4, 0.5) is 0 Å². The van der Waals surface area contributed by atoms with Crippen LogP contribution in [0, 0.1) is 0 Å². The van der Waals surface area contributed by atoms with Crippen molar-refractivity contribution in [1.82, 2.24) is 10.3 Å². The number of nitrogens with one attached hydrogen (secondary N) is 1. The van der Waals surface area contributed by atoms with E-state index in [2.05, 4.69) is 34.3 Å². The maximum Gasteiger partial charge on any atom is 0.139 e. The maximum atomic E-state index is 12.5. The summed E-state index contributed by atoms with van der Waals surface area (Å²) in [5.74, 6) is 1.12. The lowest BCUT2D eigenvalue weighted by atomic mass is 9.94. The molecule has 3 rings (SSSR count). The van der Waals surface area contributed by atoms with Crippen molar-refractivity contribution in [2.75, 3.05) is 6.54 Å². The second kappa shape index (κ2) is 8.23. The van der Waals surface area contributed by atoms with Crippen LogP contribution in [0.25, 0.3) is 0 Å². The molecule has 0 aliphatic carbocycles. The van der Waals surface area contributed by atoms with Gasteiger partial charge in [0.15, 0.2) is 0 Å². The summed E-state index contributed by atoms with van der Waals surface area (Å²) in [5, 5.41) is 12.9. The van der Waals surface area contributed by atoms with E-state index in [-0.39, 0.29) is 24.7 Å². The van der Waals surface area contributed by atoms with Crippen LogP contribution in [0.5, 0.6) is 0 Å². The Bertz CT molecular complexity index is 816. The molecule has 136 valence electrons. The van der Waals surface area contributed by atoms with E-state index in [0.29, 0.717) is 24.4 Å². The zero-order valence-corrected chi connectivity index (χ0v) is 15.3. The number of pyridine rings is 1. The van der Waals surface area contributed by atoms with Gasteiger partial charge in [-0.2, -0.15) is 0 Å². The molecule has 1 aliphatic heterocycles. The molecular formula is C21H25N3O2. The van der Waals surface area contributed by atoms with Gasteiger partial charge in [0, 0.05) is 30.6 Å². The van der Waals surface area contributed by atoms with Crippen LogP contribution in [-0.2, 0) is 24.4 Å². The fourth-order valence-corrected chi connectivity index (χ4v) is 3.41. The number of benzene rings is 1. The van der Waals surface area contributed by atoms with Gasteiger partial charge in [-0.05, 0) is 30.0 Å². The highest BCUT2D eigenvalue weighted by Gasteiger charge is 2.22. The highest BCUT2D eigenvalue weighted by atomic mass is 16.3. The average Bonchev–Trinajstić information content (AvgIpc) is 3.05. The van der Waals surface area contributed by atoms with E-state index >= 15 is 0 Å². The number of rotatable bonds is 7. The molecule has 0 amide bonds. The molecule has 0 saturated heterocycles. The predicted molar refractivity (Wildman–Crippen MR) is 102 cm³/mol. The van der Waals surface area contributed by atoms with Crippen LogP contribution in [0.15, 0.2) is 41.4 Å². The van der Waals surface area contributed by atoms with E-state index in [0.717, 1.165) is 23.5 Å². The Labute approximate surface area is 154 Å². The molecule has 0 radical (unpaired) electrons. The molecule has 0 unspecified atom stereocenters. The highest BCUT2D eigenvalue weighted by molar-refractivity contribution is 6.03. The first kappa shape index (κ1) is 18.3. The quantitative estimate of drug-likeness (QED) is 0.804. The van der Waals surface area contributed by atoms with E-state index in [4.69, 9.17) is 0 Å². The lowest BCUT2D eigenvalue weighted by Crippen LogP contribution is -2.24. The lowest BCUT2D eigenvalue weighted by Gasteiger charge is -2.13. The molecule has 2 aromatic rings. The fraction of sp³-hybridized carbons (Fsp3) is 0.381. The summed E-state index contributed by atoms with van der Waals surface area (Å²) in [5.41, 5.74) is 4.40. The molecule has 0 bridgehead atoms. The minimum absolute atomic E-state index is 0.156. The van der Waals surface area contributed by atoms with Crippen LogP contribution >= 0.6 is 0 Å². The number of hydrogen-bond donors (Lipinski definition) is 2. The minimum Gasteiger partial charge on any atom is -0.390 e. The number of carbonyl (C=O) groups excluding carboxylic acids is 1. The Kier molecular flexibility index (Phi) is 5.78. The zero-order valence-electron chi connectivity index (χ0n) is 15.3. The van der Waals surface area contributed by atoms with Gasteiger partial charge in [-0.25, -0.2) is 0 Å². The second-order valence-electron chi connectivity index (χ2n) is 6.68. The average molecular weight is 351 g/mol. The summed E-state index contributed by atoms with van der Waals surface area (Å²) < 4.78 is 0. The summed E-state index contributed by atoms with van der Waals surface area (Å²) in [6, 6.07) is 12.0. The zero-order chi connectivity index (χ0) is 18.5. The summed E-state index contributed by atoms with van der Waals surface area (Å²) in [7, 11) is 0. The van der Waals surface area contributed by atoms with Crippen LogP contribution in [-0.4, -0.2) is 28.3 Å². The van der Waals surface area contributed by atoms with Crippen molar-refractivity contribution in [1.29, 1.82) is 0 Å². The molecule has 0 fully saturated rings. The molecule has 1 aromatic carbocycles. The highest BCUT2D eigenvalue weighted by Crippen LogP contribution is 2.24. The van der Waals surface area contributed by atoms with Crippen molar-refractivity contribution < 1.29 is 9.90 Å². The van der Waals surface area contributed by atoms with Crippen molar-refractivity contribution in [3.8, 4) is 0 Å². The summed E-state index contributed by atoms with van der Waals surface area (Å²) in [6.07, 6.45) is 0.768. The number of aliphatic imine (C=N–C) groups is 1. The molecule has 0 saturated carbocycles. The standard InChI is InChI=1S/C21H25N3O2/c1-3-22-21-20-16(12-23-21)10-17(24-19(20)13-25)11-18(26)9-14(2)15-7-5-4-6-8-15/h4-8,10,14,25H,3,9,11-13H2,1-2H3,(H,22,23)/t14-/m0/s1. The third kappa shape index (κ3) is 3.99. The Morgan fingerprint density at radius 2 is 2.08 bits per heavy atom. The van der Waals surface area contributed by atoms with E-state index in [1.165, 1.54) is 5.56 Å². The molecule has 0 spiro atoms. The van der Waals surface area contributed by atoms with E-state index in [1.54, 1.807) is 0 Å². The Hall–Kier alpha value is -2.53. The van der Waals surface area contributed by atoms with Gasteiger partial charge < -0.3 is 10.4 Å². The first-order valence-electron chi connectivity index (χ1n) is 9.10. The molecule has 5 heteroatoms. The number of fused-ring (bicyclic) bond motifs is 1. The van der Waals surface area contributed by atoms with Gasteiger partial charge >= 0.3 is 0 Å². The van der Waals surface area contributed by atoms with Crippen LogP contribution in [0.3, 0.4) is 0 Å². The Morgan fingerprint density at radius 3 is 2.77 bits per heavy atom. The van der Waals surface area contributed by atoms with Crippen molar-refractivity contribution in [3.63, 3.8) is 0 Å². The summed E-state index contributed by atoms with van der Waals surface area (Å²) in [4.78, 5) is 21.5. The number of aromatic nitrogens is 1. The van der Waals surface area contributed by atoms with Crippen molar-refractivity contribution >= 4 is 11.6 Å². The van der Waals surface area contributed by atoms with Gasteiger partial charge in [-0.15, -0.1) is 0 Å². The monoisotopic (exact) mass is 351 g/mol. The normalized spacial score (nSPS) is 13.9. The van der Waals surface area contributed by atoms with Crippen molar-refractivity contribution in [2.24, 2.45) is 4.99 Å². The molecule has 1 aliphatic rings. The van der Waals surface area contributed by atoms with Gasteiger partial charge in [0.2, 0.25) is 0 Å². The van der Waals surface area contributed by atoms with Crippen LogP contribution in [0.2, 0.25) is 0 Å². The number of carbonyl (C=O) groups is 1. The summed E-state index contributed by atoms with van der Waals surface area (Å²) >= 11 is 0. The molecule has 26 heavy (non-hydrogen) atoms. The molecular weight excluding hydrogens is 326 g/mol. The first-order chi connectivity index (χ1) is 12.6. The first-order valence-corrected chi connectivity index (χ1v) is 9.10. The molecule has 1 atom stereocenters. The smallest absolute Gasteiger partial charge is 0.139 e. The van der Waals surface area contributed by atoms with Gasteiger partial charge in [-0.3, -0.25) is 14.8 Å². The predicted octanol–water partition coefficient (Wildman–Crippen LogP) is 2.75. The fourth-order valence-electron chi connectivity index (χ4n) is 3.41. The van der Waals surface area contributed by atoms with Crippen molar-refractivity contribution in [2.45, 2.75) is 45.8 Å².